The van der Waals surface area contributed by atoms with E-state index in [2.05, 4.69) is 19.2 Å². The van der Waals surface area contributed by atoms with Crippen LogP contribution in [0.15, 0.2) is 83.8 Å². The lowest BCUT2D eigenvalue weighted by Gasteiger charge is -2.32. The molecule has 208 valence electrons. The summed E-state index contributed by atoms with van der Waals surface area (Å²) in [6.45, 7) is 9.85. The molecule has 0 spiro atoms. The minimum Gasteiger partial charge on any atom is -0.354 e. The maximum Gasteiger partial charge on any atom is 0.264 e. The number of benzene rings is 3. The van der Waals surface area contributed by atoms with E-state index < -0.39 is 28.5 Å². The third-order valence-corrected chi connectivity index (χ3v) is 8.44. The van der Waals surface area contributed by atoms with E-state index in [9.17, 15) is 18.0 Å². The molecule has 0 fully saturated rings. The van der Waals surface area contributed by atoms with Crippen LogP contribution in [0.2, 0.25) is 0 Å². The van der Waals surface area contributed by atoms with Crippen molar-refractivity contribution in [2.24, 2.45) is 0 Å². The van der Waals surface area contributed by atoms with Crippen molar-refractivity contribution < 1.29 is 18.0 Å². The summed E-state index contributed by atoms with van der Waals surface area (Å²) in [6, 6.07) is 22.4. The normalized spacial score (nSPS) is 12.2. The highest BCUT2D eigenvalue weighted by molar-refractivity contribution is 7.92. The topological polar surface area (TPSA) is 86.8 Å². The molecule has 0 saturated carbocycles. The third-order valence-electron chi connectivity index (χ3n) is 6.65. The van der Waals surface area contributed by atoms with Crippen molar-refractivity contribution in [2.75, 3.05) is 17.4 Å². The first-order chi connectivity index (χ1) is 18.5. The van der Waals surface area contributed by atoms with Gasteiger partial charge in [-0.2, -0.15) is 0 Å². The first-order valence-corrected chi connectivity index (χ1v) is 14.8. The van der Waals surface area contributed by atoms with Gasteiger partial charge in [-0.1, -0.05) is 80.9 Å². The fourth-order valence-electron chi connectivity index (χ4n) is 4.15. The largest absolute Gasteiger partial charge is 0.354 e. The van der Waals surface area contributed by atoms with E-state index in [1.165, 1.54) is 4.90 Å². The van der Waals surface area contributed by atoms with Crippen molar-refractivity contribution in [2.45, 2.75) is 64.4 Å². The Bertz CT molecular complexity index is 1340. The molecular formula is C31H39N3O4S. The Kier molecular flexibility index (Phi) is 10.3. The van der Waals surface area contributed by atoms with Crippen molar-refractivity contribution >= 4 is 27.5 Å². The number of hydrogen-bond donors (Lipinski definition) is 1. The average Bonchev–Trinajstić information content (AvgIpc) is 2.93. The zero-order valence-corrected chi connectivity index (χ0v) is 24.2. The standard InChI is InChI=1S/C31H39N3O4S/c1-6-20-32-31(36)25(5)33(21-26-10-8-7-9-11-26)30(35)22-34(28-16-14-27(15-17-28)23(2)3)39(37,38)29-18-12-24(4)13-19-29/h7-19,23,25H,6,20-22H2,1-5H3,(H,32,36). The zero-order valence-electron chi connectivity index (χ0n) is 23.4. The van der Waals surface area contributed by atoms with Crippen LogP contribution < -0.4 is 9.62 Å². The van der Waals surface area contributed by atoms with Crippen LogP contribution in [0.3, 0.4) is 0 Å². The molecule has 3 aromatic carbocycles. The summed E-state index contributed by atoms with van der Waals surface area (Å²) in [6.07, 6.45) is 0.764. The molecule has 0 bridgehead atoms. The predicted octanol–water partition coefficient (Wildman–Crippen LogP) is 5.26. The van der Waals surface area contributed by atoms with Gasteiger partial charge in [0, 0.05) is 13.1 Å². The monoisotopic (exact) mass is 549 g/mol. The van der Waals surface area contributed by atoms with E-state index in [0.717, 1.165) is 27.4 Å². The second-order valence-corrected chi connectivity index (χ2v) is 11.9. The molecule has 3 aromatic rings. The first-order valence-electron chi connectivity index (χ1n) is 13.3. The lowest BCUT2D eigenvalue weighted by atomic mass is 10.0. The number of nitrogens with zero attached hydrogens (tertiary/aromatic N) is 2. The molecule has 0 aliphatic carbocycles. The number of sulfonamides is 1. The molecule has 0 saturated heterocycles. The minimum atomic E-state index is -4.08. The second kappa shape index (κ2) is 13.4. The Hall–Kier alpha value is -3.65. The van der Waals surface area contributed by atoms with Gasteiger partial charge in [-0.25, -0.2) is 8.42 Å². The van der Waals surface area contributed by atoms with E-state index in [-0.39, 0.29) is 23.3 Å². The molecule has 1 unspecified atom stereocenters. The van der Waals surface area contributed by atoms with E-state index in [0.29, 0.717) is 12.2 Å². The van der Waals surface area contributed by atoms with Gasteiger partial charge in [0.05, 0.1) is 10.6 Å². The van der Waals surface area contributed by atoms with Crippen LogP contribution in [0.4, 0.5) is 5.69 Å². The highest BCUT2D eigenvalue weighted by atomic mass is 32.2. The quantitative estimate of drug-likeness (QED) is 0.334. The van der Waals surface area contributed by atoms with Crippen LogP contribution in [0.25, 0.3) is 0 Å². The van der Waals surface area contributed by atoms with Crippen LogP contribution in [-0.4, -0.2) is 44.3 Å². The molecule has 8 heteroatoms. The molecular weight excluding hydrogens is 510 g/mol. The van der Waals surface area contributed by atoms with Crippen molar-refractivity contribution in [1.82, 2.24) is 10.2 Å². The van der Waals surface area contributed by atoms with Crippen LogP contribution >= 0.6 is 0 Å². The molecule has 7 nitrogen and oxygen atoms in total. The van der Waals surface area contributed by atoms with Gasteiger partial charge >= 0.3 is 0 Å². The SMILES string of the molecule is CCCNC(=O)C(C)N(Cc1ccccc1)C(=O)CN(c1ccc(C(C)C)cc1)S(=O)(=O)c1ccc(C)cc1. The Labute approximate surface area is 232 Å². The fraction of sp³-hybridized carbons (Fsp3) is 0.355. The summed E-state index contributed by atoms with van der Waals surface area (Å²) in [5.74, 6) is -0.483. The summed E-state index contributed by atoms with van der Waals surface area (Å²) in [7, 11) is -4.08. The highest BCUT2D eigenvalue weighted by Gasteiger charge is 2.32. The zero-order chi connectivity index (χ0) is 28.6. The highest BCUT2D eigenvalue weighted by Crippen LogP contribution is 2.27. The maximum atomic E-state index is 13.9. The Morgan fingerprint density at radius 3 is 2.05 bits per heavy atom. The summed E-state index contributed by atoms with van der Waals surface area (Å²) in [5.41, 5.74) is 3.22. The van der Waals surface area contributed by atoms with Gasteiger partial charge in [-0.05, 0) is 61.6 Å². The Balaban J connectivity index is 2.02. The van der Waals surface area contributed by atoms with E-state index >= 15 is 0 Å². The van der Waals surface area contributed by atoms with E-state index in [1.807, 2.05) is 56.3 Å². The van der Waals surface area contributed by atoms with Crippen LogP contribution in [0.5, 0.6) is 0 Å². The number of aryl methyl sites for hydroxylation is 1. The first kappa shape index (κ1) is 29.9. The minimum absolute atomic E-state index is 0.0946. The van der Waals surface area contributed by atoms with Crippen LogP contribution in [0, 0.1) is 6.92 Å². The van der Waals surface area contributed by atoms with Gasteiger partial charge in [0.2, 0.25) is 11.8 Å². The maximum absolute atomic E-state index is 13.9. The number of amides is 2. The molecule has 1 atom stereocenters. The molecule has 0 heterocycles. The summed E-state index contributed by atoms with van der Waals surface area (Å²) in [5, 5.41) is 2.85. The third kappa shape index (κ3) is 7.69. The smallest absolute Gasteiger partial charge is 0.264 e. The number of hydrogen-bond acceptors (Lipinski definition) is 4. The molecule has 0 aliphatic rings. The van der Waals surface area contributed by atoms with Gasteiger partial charge in [0.25, 0.3) is 10.0 Å². The van der Waals surface area contributed by atoms with Crippen LogP contribution in [0.1, 0.15) is 56.7 Å². The lowest BCUT2D eigenvalue weighted by molar-refractivity contribution is -0.139. The van der Waals surface area contributed by atoms with Gasteiger partial charge in [-0.3, -0.25) is 13.9 Å². The summed E-state index contributed by atoms with van der Waals surface area (Å²) < 4.78 is 28.9. The predicted molar refractivity (Wildman–Crippen MR) is 156 cm³/mol. The van der Waals surface area contributed by atoms with Crippen molar-refractivity contribution in [3.63, 3.8) is 0 Å². The molecule has 39 heavy (non-hydrogen) atoms. The fourth-order valence-corrected chi connectivity index (χ4v) is 5.56. The molecule has 0 aromatic heterocycles. The Morgan fingerprint density at radius 1 is 0.872 bits per heavy atom. The number of anilines is 1. The lowest BCUT2D eigenvalue weighted by Crippen LogP contribution is -2.51. The van der Waals surface area contributed by atoms with Gasteiger partial charge < -0.3 is 10.2 Å². The number of rotatable bonds is 12. The molecule has 0 radical (unpaired) electrons. The number of carbonyl (C=O) groups excluding carboxylic acids is 2. The molecule has 3 rings (SSSR count). The summed E-state index contributed by atoms with van der Waals surface area (Å²) >= 11 is 0. The summed E-state index contributed by atoms with van der Waals surface area (Å²) in [4.78, 5) is 28.3. The van der Waals surface area contributed by atoms with Gasteiger partial charge in [-0.15, -0.1) is 0 Å². The molecule has 0 aliphatic heterocycles. The van der Waals surface area contributed by atoms with E-state index in [4.69, 9.17) is 0 Å². The molecule has 1 N–H and O–H groups in total. The van der Waals surface area contributed by atoms with Gasteiger partial charge in [0.15, 0.2) is 0 Å². The van der Waals surface area contributed by atoms with Gasteiger partial charge in [0.1, 0.15) is 12.6 Å². The van der Waals surface area contributed by atoms with Crippen molar-refractivity contribution in [3.8, 4) is 0 Å². The average molecular weight is 550 g/mol. The van der Waals surface area contributed by atoms with Crippen molar-refractivity contribution in [3.05, 3.63) is 95.6 Å². The van der Waals surface area contributed by atoms with Crippen LogP contribution in [-0.2, 0) is 26.2 Å². The molecule has 2 amide bonds. The second-order valence-electron chi connectivity index (χ2n) is 10.0. The van der Waals surface area contributed by atoms with Crippen molar-refractivity contribution in [1.29, 1.82) is 0 Å². The Morgan fingerprint density at radius 2 is 1.49 bits per heavy atom. The van der Waals surface area contributed by atoms with E-state index in [1.54, 1.807) is 43.3 Å². The number of nitrogens with one attached hydrogen (secondary N) is 1. The number of carbonyl (C=O) groups is 2.